The molecule has 0 fully saturated rings. The Morgan fingerprint density at radius 1 is 1.07 bits per heavy atom. The van der Waals surface area contributed by atoms with Gasteiger partial charge in [-0.05, 0) is 30.0 Å². The Balaban J connectivity index is 1.94. The van der Waals surface area contributed by atoms with Gasteiger partial charge in [0.05, 0.1) is 27.0 Å². The Morgan fingerprint density at radius 2 is 1.69 bits per heavy atom. The van der Waals surface area contributed by atoms with Crippen molar-refractivity contribution in [2.24, 2.45) is 0 Å². The van der Waals surface area contributed by atoms with Crippen LogP contribution in [0.1, 0.15) is 31.2 Å². The summed E-state index contributed by atoms with van der Waals surface area (Å²) in [4.78, 5) is 12.2. The minimum absolute atomic E-state index is 0.0954. The highest BCUT2D eigenvalue weighted by Crippen LogP contribution is 2.35. The van der Waals surface area contributed by atoms with E-state index in [0.29, 0.717) is 13.0 Å². The number of amides is 1. The number of rotatable bonds is 9. The summed E-state index contributed by atoms with van der Waals surface area (Å²) in [5, 5.41) is 3.50. The number of benzene rings is 2. The lowest BCUT2D eigenvalue weighted by molar-refractivity contribution is -0.121. The van der Waals surface area contributed by atoms with Crippen LogP contribution in [0.5, 0.6) is 0 Å². The second-order valence-corrected chi connectivity index (χ2v) is 9.90. The van der Waals surface area contributed by atoms with Gasteiger partial charge < -0.3 is 5.32 Å². The van der Waals surface area contributed by atoms with Gasteiger partial charge >= 0.3 is 0 Å². The van der Waals surface area contributed by atoms with Crippen molar-refractivity contribution in [2.45, 2.75) is 25.7 Å². The van der Waals surface area contributed by atoms with Crippen LogP contribution < -0.4 is 9.62 Å². The van der Waals surface area contributed by atoms with Crippen LogP contribution in [0.4, 0.5) is 5.69 Å². The molecule has 0 spiro atoms. The predicted octanol–water partition coefficient (Wildman–Crippen LogP) is 5.11. The van der Waals surface area contributed by atoms with Crippen molar-refractivity contribution in [1.82, 2.24) is 5.32 Å². The van der Waals surface area contributed by atoms with E-state index in [4.69, 9.17) is 34.8 Å². The molecule has 0 aliphatic rings. The molecule has 1 atom stereocenters. The van der Waals surface area contributed by atoms with Crippen LogP contribution in [0.3, 0.4) is 0 Å². The van der Waals surface area contributed by atoms with Crippen LogP contribution in [0, 0.1) is 0 Å². The van der Waals surface area contributed by atoms with Crippen LogP contribution in [-0.2, 0) is 14.8 Å². The van der Waals surface area contributed by atoms with E-state index in [9.17, 15) is 13.2 Å². The second kappa shape index (κ2) is 10.5. The van der Waals surface area contributed by atoms with Gasteiger partial charge in [-0.25, -0.2) is 8.42 Å². The fourth-order valence-corrected chi connectivity index (χ4v) is 4.47. The van der Waals surface area contributed by atoms with Gasteiger partial charge in [0.2, 0.25) is 15.9 Å². The lowest BCUT2D eigenvalue weighted by atomic mass is 10.0. The zero-order chi connectivity index (χ0) is 21.6. The maximum Gasteiger partial charge on any atom is 0.232 e. The van der Waals surface area contributed by atoms with Gasteiger partial charge in [-0.2, -0.15) is 0 Å². The van der Waals surface area contributed by atoms with E-state index in [1.807, 2.05) is 37.3 Å². The molecule has 0 heterocycles. The molecule has 9 heteroatoms. The minimum Gasteiger partial charge on any atom is -0.356 e. The Hall–Kier alpha value is -1.47. The van der Waals surface area contributed by atoms with Crippen LogP contribution >= 0.6 is 34.8 Å². The molecule has 1 unspecified atom stereocenters. The number of hydrogen-bond acceptors (Lipinski definition) is 3. The molecule has 29 heavy (non-hydrogen) atoms. The molecule has 5 nitrogen and oxygen atoms in total. The summed E-state index contributed by atoms with van der Waals surface area (Å²) in [5.41, 5.74) is 1.38. The van der Waals surface area contributed by atoms with E-state index < -0.39 is 10.0 Å². The Labute approximate surface area is 187 Å². The first-order valence-electron chi connectivity index (χ1n) is 9.03. The fraction of sp³-hybridized carbons (Fsp3) is 0.350. The lowest BCUT2D eigenvalue weighted by Crippen LogP contribution is -2.33. The largest absolute Gasteiger partial charge is 0.356 e. The van der Waals surface area contributed by atoms with Crippen molar-refractivity contribution in [3.8, 4) is 0 Å². The van der Waals surface area contributed by atoms with E-state index in [1.54, 1.807) is 0 Å². The van der Waals surface area contributed by atoms with Gasteiger partial charge in [-0.15, -0.1) is 0 Å². The van der Waals surface area contributed by atoms with Crippen molar-refractivity contribution < 1.29 is 13.2 Å². The van der Waals surface area contributed by atoms with Gasteiger partial charge in [-0.1, -0.05) is 72.1 Å². The minimum atomic E-state index is -3.61. The fourth-order valence-electron chi connectivity index (χ4n) is 2.81. The summed E-state index contributed by atoms with van der Waals surface area (Å²) in [5.74, 6) is 0.0455. The van der Waals surface area contributed by atoms with Crippen molar-refractivity contribution in [1.29, 1.82) is 0 Å². The number of sulfonamides is 1. The molecule has 158 valence electrons. The number of carbonyl (C=O) groups excluding carboxylic acids is 1. The van der Waals surface area contributed by atoms with Gasteiger partial charge in [0, 0.05) is 19.5 Å². The standard InChI is InChI=1S/C20H23Cl3N2O3S/c1-14(15-7-4-3-5-8-15)13-24-20(26)9-6-10-25(29(2,27)28)19-12-17(22)16(21)11-18(19)23/h3-5,7-8,11-12,14H,6,9-10,13H2,1-2H3,(H,24,26). The summed E-state index contributed by atoms with van der Waals surface area (Å²) >= 11 is 18.1. The van der Waals surface area contributed by atoms with Crippen molar-refractivity contribution in [2.75, 3.05) is 23.7 Å². The number of nitrogens with one attached hydrogen (secondary N) is 1. The SMILES string of the molecule is CC(CNC(=O)CCCN(c1cc(Cl)c(Cl)cc1Cl)S(C)(=O)=O)c1ccccc1. The summed E-state index contributed by atoms with van der Waals surface area (Å²) < 4.78 is 25.6. The second-order valence-electron chi connectivity index (χ2n) is 6.77. The van der Waals surface area contributed by atoms with Crippen molar-refractivity contribution >= 4 is 56.4 Å². The molecule has 0 bridgehead atoms. The van der Waals surface area contributed by atoms with Gasteiger partial charge in [0.1, 0.15) is 0 Å². The topological polar surface area (TPSA) is 66.5 Å². The first-order chi connectivity index (χ1) is 13.6. The average molecular weight is 478 g/mol. The number of anilines is 1. The summed E-state index contributed by atoms with van der Waals surface area (Å²) in [6.07, 6.45) is 1.59. The van der Waals surface area contributed by atoms with Crippen molar-refractivity contribution in [3.05, 3.63) is 63.1 Å². The Morgan fingerprint density at radius 3 is 2.31 bits per heavy atom. The molecule has 1 N–H and O–H groups in total. The Kier molecular flexibility index (Phi) is 8.64. The zero-order valence-corrected chi connectivity index (χ0v) is 19.2. The van der Waals surface area contributed by atoms with E-state index in [0.717, 1.165) is 16.1 Å². The molecule has 0 saturated carbocycles. The molecule has 2 aromatic carbocycles. The van der Waals surface area contributed by atoms with Crippen LogP contribution in [0.25, 0.3) is 0 Å². The maximum absolute atomic E-state index is 12.2. The van der Waals surface area contributed by atoms with E-state index in [-0.39, 0.29) is 45.5 Å². The third kappa shape index (κ3) is 7.07. The highest BCUT2D eigenvalue weighted by atomic mass is 35.5. The number of carbonyl (C=O) groups is 1. The third-order valence-corrected chi connectivity index (χ3v) is 6.60. The lowest BCUT2D eigenvalue weighted by Gasteiger charge is -2.24. The monoisotopic (exact) mass is 476 g/mol. The molecule has 2 aromatic rings. The first-order valence-corrected chi connectivity index (χ1v) is 12.0. The van der Waals surface area contributed by atoms with Gasteiger partial charge in [-0.3, -0.25) is 9.10 Å². The number of hydrogen-bond donors (Lipinski definition) is 1. The quantitative estimate of drug-likeness (QED) is 0.510. The van der Waals surface area contributed by atoms with E-state index in [1.165, 1.54) is 12.1 Å². The highest BCUT2D eigenvalue weighted by molar-refractivity contribution is 7.92. The molecular weight excluding hydrogens is 455 g/mol. The van der Waals surface area contributed by atoms with Crippen molar-refractivity contribution in [3.63, 3.8) is 0 Å². The normalized spacial score (nSPS) is 12.4. The Bertz CT molecular complexity index is 953. The summed E-state index contributed by atoms with van der Waals surface area (Å²) in [7, 11) is -3.61. The average Bonchev–Trinajstić information content (AvgIpc) is 2.66. The maximum atomic E-state index is 12.2. The predicted molar refractivity (Wildman–Crippen MR) is 121 cm³/mol. The summed E-state index contributed by atoms with van der Waals surface area (Å²) in [6, 6.07) is 12.7. The van der Waals surface area contributed by atoms with Gasteiger partial charge in [0.15, 0.2) is 0 Å². The molecule has 0 aliphatic carbocycles. The molecular formula is C20H23Cl3N2O3S. The van der Waals surface area contributed by atoms with E-state index in [2.05, 4.69) is 5.32 Å². The van der Waals surface area contributed by atoms with E-state index >= 15 is 0 Å². The number of halogens is 3. The van der Waals surface area contributed by atoms with Crippen LogP contribution in [-0.4, -0.2) is 33.7 Å². The van der Waals surface area contributed by atoms with Crippen LogP contribution in [0.15, 0.2) is 42.5 Å². The molecule has 0 aliphatic heterocycles. The summed E-state index contributed by atoms with van der Waals surface area (Å²) in [6.45, 7) is 2.64. The molecule has 0 saturated heterocycles. The molecule has 0 radical (unpaired) electrons. The van der Waals surface area contributed by atoms with Gasteiger partial charge in [0.25, 0.3) is 0 Å². The zero-order valence-electron chi connectivity index (χ0n) is 16.2. The first kappa shape index (κ1) is 23.8. The third-order valence-electron chi connectivity index (χ3n) is 4.40. The molecule has 1 amide bonds. The smallest absolute Gasteiger partial charge is 0.232 e. The molecule has 2 rings (SSSR count). The highest BCUT2D eigenvalue weighted by Gasteiger charge is 2.21. The molecule has 0 aromatic heterocycles. The number of nitrogens with zero attached hydrogens (tertiary/aromatic N) is 1. The van der Waals surface area contributed by atoms with Crippen LogP contribution in [0.2, 0.25) is 15.1 Å².